The molecule has 0 aliphatic carbocycles. The van der Waals surface area contributed by atoms with Crippen LogP contribution in [0.5, 0.6) is 5.75 Å². The van der Waals surface area contributed by atoms with E-state index < -0.39 is 122 Å². The van der Waals surface area contributed by atoms with E-state index in [-0.39, 0.29) is 75.2 Å². The topological polar surface area (TPSA) is 467 Å². The van der Waals surface area contributed by atoms with Crippen LogP contribution in [0.15, 0.2) is 34.3 Å². The number of nitrogens with one attached hydrogen (secondary N) is 6. The van der Waals surface area contributed by atoms with Crippen molar-refractivity contribution in [3.63, 3.8) is 0 Å². The molecule has 0 radical (unpaired) electrons. The standard InChI is InChI=1S/C39H64N14O12/c1-20(2)17-27(35(62)52-26(37(64)65)12-14-31(57)58)53-33(60)24(6-4-16-47-39(44)45)49-34(61)25(11-13-29(41)55)51-32(59)23(5-3-15-46-38(42)43)50-36(63)28(48-30(56)19-40)18-21-7-9-22(54)10-8-21/h7-10,20,23-28,54H,3-6,11-19,40H2,1-2H3,(H2,41,55)(H,48,56)(H,49,61)(H,50,63)(H,51,59)(H,52,62)(H,53,60)(H,57,58)(H,64,65)(H4,42,43,46)(H4,44,45,47)/t23-,24-,25-,26-,27-,28-/m0/s1. The maximum atomic E-state index is 14.0. The predicted octanol–water partition coefficient (Wildman–Crippen LogP) is -4.83. The van der Waals surface area contributed by atoms with E-state index in [0.717, 1.165) is 0 Å². The highest BCUT2D eigenvalue weighted by atomic mass is 16.4. The summed E-state index contributed by atoms with van der Waals surface area (Å²) in [5.74, 6) is -9.82. The van der Waals surface area contributed by atoms with Crippen molar-refractivity contribution in [3.8, 4) is 5.75 Å². The monoisotopic (exact) mass is 920 g/mol. The molecule has 1 rings (SSSR count). The fourth-order valence-electron chi connectivity index (χ4n) is 6.02. The number of nitrogens with zero attached hydrogens (tertiary/aromatic N) is 2. The third-order valence-corrected chi connectivity index (χ3v) is 9.28. The molecule has 362 valence electrons. The summed E-state index contributed by atoms with van der Waals surface area (Å²) < 4.78 is 0. The van der Waals surface area contributed by atoms with Crippen LogP contribution in [0.4, 0.5) is 0 Å². The van der Waals surface area contributed by atoms with Crippen LogP contribution in [-0.4, -0.2) is 136 Å². The second kappa shape index (κ2) is 29.2. The van der Waals surface area contributed by atoms with Crippen molar-refractivity contribution in [2.45, 2.75) is 114 Å². The van der Waals surface area contributed by atoms with Gasteiger partial charge in [-0.3, -0.25) is 48.3 Å². The van der Waals surface area contributed by atoms with E-state index in [9.17, 15) is 53.4 Å². The van der Waals surface area contributed by atoms with Gasteiger partial charge < -0.3 is 81.6 Å². The Morgan fingerprint density at radius 2 is 0.985 bits per heavy atom. The second-order valence-corrected chi connectivity index (χ2v) is 15.3. The van der Waals surface area contributed by atoms with Gasteiger partial charge in [0.1, 0.15) is 42.0 Å². The van der Waals surface area contributed by atoms with Crippen molar-refractivity contribution in [2.24, 2.45) is 50.3 Å². The van der Waals surface area contributed by atoms with E-state index in [4.69, 9.17) is 39.5 Å². The van der Waals surface area contributed by atoms with Gasteiger partial charge in [0.15, 0.2) is 11.9 Å². The zero-order valence-corrected chi connectivity index (χ0v) is 36.4. The van der Waals surface area contributed by atoms with Crippen LogP contribution in [0.25, 0.3) is 0 Å². The van der Waals surface area contributed by atoms with Crippen LogP contribution < -0.4 is 66.3 Å². The minimum atomic E-state index is -1.61. The van der Waals surface area contributed by atoms with Gasteiger partial charge in [0, 0.05) is 32.4 Å². The van der Waals surface area contributed by atoms with Crippen LogP contribution in [0.2, 0.25) is 0 Å². The molecule has 0 saturated heterocycles. The summed E-state index contributed by atoms with van der Waals surface area (Å²) in [5.41, 5.74) is 33.1. The lowest BCUT2D eigenvalue weighted by Gasteiger charge is -2.28. The van der Waals surface area contributed by atoms with Crippen LogP contribution >= 0.6 is 0 Å². The molecule has 0 heterocycles. The van der Waals surface area contributed by atoms with Gasteiger partial charge in [0.2, 0.25) is 41.4 Å². The highest BCUT2D eigenvalue weighted by Gasteiger charge is 2.34. The molecular formula is C39H64N14O12. The number of rotatable bonds is 31. The van der Waals surface area contributed by atoms with Crippen molar-refractivity contribution in [1.29, 1.82) is 0 Å². The Morgan fingerprint density at radius 1 is 0.569 bits per heavy atom. The summed E-state index contributed by atoms with van der Waals surface area (Å²) in [5, 5.41) is 43.2. The Balaban J connectivity index is 3.55. The van der Waals surface area contributed by atoms with Gasteiger partial charge in [0.05, 0.1) is 6.54 Å². The summed E-state index contributed by atoms with van der Waals surface area (Å²) in [6, 6.07) is -2.95. The third-order valence-electron chi connectivity index (χ3n) is 9.28. The van der Waals surface area contributed by atoms with Crippen LogP contribution in [0, 0.1) is 5.92 Å². The summed E-state index contributed by atoms with van der Waals surface area (Å²) in [6.07, 6.45) is -2.06. The van der Waals surface area contributed by atoms with Gasteiger partial charge in [-0.05, 0) is 68.6 Å². The number of carbonyl (C=O) groups excluding carboxylic acids is 7. The summed E-state index contributed by atoms with van der Waals surface area (Å²) in [4.78, 5) is 124. The largest absolute Gasteiger partial charge is 0.508 e. The molecule has 1 aromatic rings. The van der Waals surface area contributed by atoms with Gasteiger partial charge in [-0.25, -0.2) is 4.79 Å². The lowest BCUT2D eigenvalue weighted by Crippen LogP contribution is -2.60. The van der Waals surface area contributed by atoms with Crippen molar-refractivity contribution in [2.75, 3.05) is 19.6 Å². The molecule has 0 aliphatic heterocycles. The molecule has 21 N–H and O–H groups in total. The Bertz CT molecular complexity index is 1850. The van der Waals surface area contributed by atoms with Crippen LogP contribution in [0.1, 0.15) is 77.2 Å². The van der Waals surface area contributed by atoms with Gasteiger partial charge in [-0.2, -0.15) is 0 Å². The fraction of sp³-hybridized carbons (Fsp3) is 0.564. The SMILES string of the molecule is CC(C)C[C@H](NC(=O)[C@H](CCCN=C(N)N)NC(=O)[C@H](CCC(N)=O)NC(=O)[C@H](CCCN=C(N)N)NC(=O)[C@H](Cc1ccc(O)cc1)NC(=O)CN)C(=O)N[C@@H](CCC(=O)O)C(=O)O. The number of aliphatic imine (C=N–C) groups is 2. The molecule has 0 bridgehead atoms. The third kappa shape index (κ3) is 23.7. The Hall–Kier alpha value is -7.25. The molecule has 6 atom stereocenters. The minimum Gasteiger partial charge on any atom is -0.508 e. The summed E-state index contributed by atoms with van der Waals surface area (Å²) in [6.45, 7) is 2.96. The van der Waals surface area contributed by atoms with Crippen molar-refractivity contribution in [1.82, 2.24) is 31.9 Å². The van der Waals surface area contributed by atoms with Gasteiger partial charge in [0.25, 0.3) is 0 Å². The molecule has 0 aliphatic rings. The smallest absolute Gasteiger partial charge is 0.326 e. The number of guanidine groups is 2. The molecule has 26 heteroatoms. The molecule has 0 spiro atoms. The molecular weight excluding hydrogens is 857 g/mol. The number of hydrogen-bond donors (Lipinski definition) is 15. The zero-order chi connectivity index (χ0) is 49.2. The normalized spacial score (nSPS) is 13.5. The number of benzene rings is 1. The van der Waals surface area contributed by atoms with E-state index in [1.807, 2.05) is 0 Å². The number of aliphatic carboxylic acids is 2. The van der Waals surface area contributed by atoms with Crippen LogP contribution in [0.3, 0.4) is 0 Å². The first-order valence-electron chi connectivity index (χ1n) is 20.7. The lowest BCUT2D eigenvalue weighted by atomic mass is 10.0. The Kier molecular flexibility index (Phi) is 25.0. The van der Waals surface area contributed by atoms with Crippen molar-refractivity contribution >= 4 is 65.2 Å². The summed E-state index contributed by atoms with van der Waals surface area (Å²) >= 11 is 0. The first-order valence-corrected chi connectivity index (χ1v) is 20.7. The first-order chi connectivity index (χ1) is 30.5. The van der Waals surface area contributed by atoms with Crippen molar-refractivity contribution < 1.29 is 58.5 Å². The van der Waals surface area contributed by atoms with Crippen molar-refractivity contribution in [3.05, 3.63) is 29.8 Å². The average molecular weight is 921 g/mol. The molecule has 1 aromatic carbocycles. The second-order valence-electron chi connectivity index (χ2n) is 15.3. The molecule has 65 heavy (non-hydrogen) atoms. The number of nitrogens with two attached hydrogens (primary N) is 6. The molecule has 0 fully saturated rings. The molecule has 7 amide bonds. The first kappa shape index (κ1) is 55.8. The number of aromatic hydroxyl groups is 1. The average Bonchev–Trinajstić information content (AvgIpc) is 3.22. The van der Waals surface area contributed by atoms with E-state index in [0.29, 0.717) is 5.56 Å². The van der Waals surface area contributed by atoms with Gasteiger partial charge in [-0.15, -0.1) is 0 Å². The van der Waals surface area contributed by atoms with E-state index in [2.05, 4.69) is 41.9 Å². The summed E-state index contributed by atoms with van der Waals surface area (Å²) in [7, 11) is 0. The number of carboxylic acids is 2. The number of phenols is 1. The highest BCUT2D eigenvalue weighted by Crippen LogP contribution is 2.13. The predicted molar refractivity (Wildman–Crippen MR) is 235 cm³/mol. The molecule has 0 aromatic heterocycles. The number of hydrogen-bond acceptors (Lipinski definition) is 13. The number of carbonyl (C=O) groups is 9. The molecule has 0 saturated carbocycles. The number of carboxylic acid groups (broad SMARTS) is 2. The fourth-order valence-corrected chi connectivity index (χ4v) is 6.02. The molecule has 0 unspecified atom stereocenters. The van der Waals surface area contributed by atoms with E-state index in [1.54, 1.807) is 13.8 Å². The number of primary amides is 1. The lowest BCUT2D eigenvalue weighted by molar-refractivity contribution is -0.143. The Morgan fingerprint density at radius 3 is 1.40 bits per heavy atom. The molecule has 26 nitrogen and oxygen atoms in total. The van der Waals surface area contributed by atoms with E-state index >= 15 is 0 Å². The van der Waals surface area contributed by atoms with Crippen LogP contribution in [-0.2, 0) is 49.6 Å². The zero-order valence-electron chi connectivity index (χ0n) is 36.4. The number of phenolic OH excluding ortho intramolecular Hbond substituents is 1. The highest BCUT2D eigenvalue weighted by molar-refractivity contribution is 5.97. The maximum Gasteiger partial charge on any atom is 0.326 e. The Labute approximate surface area is 374 Å². The minimum absolute atomic E-state index is 0.00962. The van der Waals surface area contributed by atoms with E-state index in [1.165, 1.54) is 24.3 Å². The quantitative estimate of drug-likeness (QED) is 0.0189. The maximum absolute atomic E-state index is 14.0. The van der Waals surface area contributed by atoms with Gasteiger partial charge in [-0.1, -0.05) is 26.0 Å². The number of amides is 7. The van der Waals surface area contributed by atoms with Gasteiger partial charge >= 0.3 is 11.9 Å².